The molecule has 0 fully saturated rings. The molecule has 6 aromatic rings. The molecule has 0 unspecified atom stereocenters. The molecule has 2 aliphatic heterocycles. The third kappa shape index (κ3) is 4.62. The van der Waals surface area contributed by atoms with Gasteiger partial charge in [0.15, 0.2) is 0 Å². The van der Waals surface area contributed by atoms with Crippen molar-refractivity contribution in [3.63, 3.8) is 0 Å². The molecule has 0 saturated carbocycles. The number of rotatable bonds is 3. The smallest absolute Gasteiger partial charge is 0.504 e. The van der Waals surface area contributed by atoms with Crippen LogP contribution in [0.1, 0.15) is 0 Å². The summed E-state index contributed by atoms with van der Waals surface area (Å²) in [5, 5.41) is 4.92. The maximum absolute atomic E-state index is 2.34. The van der Waals surface area contributed by atoms with E-state index in [1.807, 2.05) is 0 Å². The zero-order valence-corrected chi connectivity index (χ0v) is 25.4. The number of benzene rings is 6. The second-order valence-corrected chi connectivity index (χ2v) is 10.5. The molecule has 0 radical (unpaired) electrons. The Labute approximate surface area is 265 Å². The molecule has 0 aromatic heterocycles. The van der Waals surface area contributed by atoms with Crippen LogP contribution in [0.3, 0.4) is 0 Å². The van der Waals surface area contributed by atoms with Crippen molar-refractivity contribution >= 4 is 55.7 Å². The van der Waals surface area contributed by atoms with Gasteiger partial charge < -0.3 is 30.6 Å². The summed E-state index contributed by atoms with van der Waals surface area (Å²) in [6, 6.07) is 43.8. The van der Waals surface area contributed by atoms with E-state index in [9.17, 15) is 0 Å². The van der Waals surface area contributed by atoms with Crippen molar-refractivity contribution in [3.05, 3.63) is 135 Å². The normalized spacial score (nSPS) is 13.3. The first-order chi connectivity index (χ1) is 19.7. The van der Waals surface area contributed by atoms with Crippen LogP contribution in [-0.2, 0) is 20.4 Å². The van der Waals surface area contributed by atoms with Crippen LogP contribution in [0.15, 0.2) is 121 Å². The van der Waals surface area contributed by atoms with Gasteiger partial charge in [-0.05, 0) is 72.0 Å². The Morgan fingerprint density at radius 3 is 1.16 bits per heavy atom. The molecule has 4 N–H and O–H groups in total. The minimum Gasteiger partial charge on any atom is -0.504 e. The molecule has 2 aliphatic rings. The number of hydrogen-bond acceptors (Lipinski definition) is 4. The Hall–Kier alpha value is -4.38. The Kier molecular flexibility index (Phi) is 8.20. The summed E-state index contributed by atoms with van der Waals surface area (Å²) < 4.78 is 0. The Balaban J connectivity index is 0.00000123. The molecule has 6 aromatic carbocycles. The zero-order chi connectivity index (χ0) is 26.8. The fraction of sp³-hybridized carbons (Fsp3) is 0.0556. The fourth-order valence-electron chi connectivity index (χ4n) is 6.36. The molecule has 0 aliphatic carbocycles. The molecular formula is C36H32N4O2Pd. The van der Waals surface area contributed by atoms with E-state index >= 15 is 0 Å². The summed E-state index contributed by atoms with van der Waals surface area (Å²) in [6.07, 6.45) is 0. The molecule has 0 saturated heterocycles. The minimum absolute atomic E-state index is 0. The topological polar surface area (TPSA) is 76.0 Å². The molecule has 7 heteroatoms. The summed E-state index contributed by atoms with van der Waals surface area (Å²) in [6.45, 7) is 4.41. The van der Waals surface area contributed by atoms with Crippen molar-refractivity contribution in [3.8, 4) is 11.1 Å². The average molecular weight is 659 g/mol. The molecule has 43 heavy (non-hydrogen) atoms. The van der Waals surface area contributed by atoms with Crippen molar-refractivity contribution in [2.45, 2.75) is 0 Å². The van der Waals surface area contributed by atoms with E-state index in [1.54, 1.807) is 0 Å². The van der Waals surface area contributed by atoms with Gasteiger partial charge >= 0.3 is 20.4 Å². The van der Waals surface area contributed by atoms with E-state index in [0.29, 0.717) is 0 Å². The number of hydrogen-bond donors (Lipinski definition) is 0. The molecule has 0 spiro atoms. The molecular weight excluding hydrogens is 627 g/mol. The van der Waals surface area contributed by atoms with E-state index in [4.69, 9.17) is 0 Å². The van der Waals surface area contributed by atoms with Gasteiger partial charge in [-0.1, -0.05) is 84.9 Å². The van der Waals surface area contributed by atoms with E-state index in [1.165, 1.54) is 55.4 Å². The van der Waals surface area contributed by atoms with Gasteiger partial charge in [0.25, 0.3) is 0 Å². The summed E-state index contributed by atoms with van der Waals surface area (Å²) in [5.41, 5.74) is 9.54. The Morgan fingerprint density at radius 1 is 0.395 bits per heavy atom. The van der Waals surface area contributed by atoms with Crippen LogP contribution in [0.4, 0.5) is 34.1 Å². The van der Waals surface area contributed by atoms with E-state index in [2.05, 4.69) is 168 Å². The van der Waals surface area contributed by atoms with Crippen LogP contribution in [0, 0.1) is 13.3 Å². The van der Waals surface area contributed by atoms with Crippen LogP contribution >= 0.6 is 0 Å². The fourth-order valence-corrected chi connectivity index (χ4v) is 6.36. The van der Waals surface area contributed by atoms with Gasteiger partial charge in [0.05, 0.1) is 0 Å². The first-order valence-electron chi connectivity index (χ1n) is 13.6. The van der Waals surface area contributed by atoms with Crippen molar-refractivity contribution < 1.29 is 31.4 Å². The van der Waals surface area contributed by atoms with Gasteiger partial charge in [-0.2, -0.15) is 13.3 Å². The standard InChI is InChI=1S/C36H28N4.2H2O.Pd/c1-37-23-39(31-17-9-7-15-29(31)37)33-21-19-25-11-3-5-13-27(25)35(33)36-28-14-6-4-12-26(28)20-22-34(36)40-24-38(2)30-16-8-10-18-32(30)40;;;/h3-24H,1-2H3;2*1H2;/q-2;;;+2. The summed E-state index contributed by atoms with van der Waals surface area (Å²) >= 11 is 0. The Bertz CT molecular complexity index is 1800. The monoisotopic (exact) mass is 658 g/mol. The molecule has 218 valence electrons. The van der Waals surface area contributed by atoms with E-state index in [-0.39, 0.29) is 31.4 Å². The second kappa shape index (κ2) is 11.7. The summed E-state index contributed by atoms with van der Waals surface area (Å²) in [7, 11) is 4.24. The van der Waals surface area contributed by atoms with Crippen molar-refractivity contribution in [1.82, 2.24) is 0 Å². The number of fused-ring (bicyclic) bond motifs is 4. The third-order valence-corrected chi connectivity index (χ3v) is 8.20. The van der Waals surface area contributed by atoms with Crippen LogP contribution in [0.25, 0.3) is 32.7 Å². The van der Waals surface area contributed by atoms with Gasteiger partial charge in [-0.25, -0.2) is 0 Å². The van der Waals surface area contributed by atoms with Gasteiger partial charge in [-0.15, -0.1) is 0 Å². The third-order valence-electron chi connectivity index (χ3n) is 8.20. The molecule has 6 nitrogen and oxygen atoms in total. The Morgan fingerprint density at radius 2 is 0.744 bits per heavy atom. The zero-order valence-electron chi connectivity index (χ0n) is 23.8. The summed E-state index contributed by atoms with van der Waals surface area (Å²) in [5.74, 6) is 0. The number of para-hydroxylation sites is 4. The summed E-state index contributed by atoms with van der Waals surface area (Å²) in [4.78, 5) is 9.10. The first-order valence-corrected chi connectivity index (χ1v) is 13.6. The first kappa shape index (κ1) is 30.1. The predicted octanol–water partition coefficient (Wildman–Crippen LogP) is 7.42. The molecule has 0 amide bonds. The van der Waals surface area contributed by atoms with Crippen LogP contribution in [0.2, 0.25) is 0 Å². The predicted molar refractivity (Wildman–Crippen MR) is 177 cm³/mol. The maximum Gasteiger partial charge on any atom is 2.00 e. The van der Waals surface area contributed by atoms with Crippen molar-refractivity contribution in [2.75, 3.05) is 33.7 Å². The van der Waals surface area contributed by atoms with Gasteiger partial charge in [0.1, 0.15) is 0 Å². The van der Waals surface area contributed by atoms with Gasteiger partial charge in [0.2, 0.25) is 0 Å². The quantitative estimate of drug-likeness (QED) is 0.147. The molecule has 0 bridgehead atoms. The largest absolute Gasteiger partial charge is 2.00 e. The van der Waals surface area contributed by atoms with Crippen molar-refractivity contribution in [1.29, 1.82) is 0 Å². The number of anilines is 6. The van der Waals surface area contributed by atoms with Crippen molar-refractivity contribution in [2.24, 2.45) is 0 Å². The van der Waals surface area contributed by atoms with Crippen LogP contribution < -0.4 is 19.6 Å². The average Bonchev–Trinajstić information content (AvgIpc) is 3.52. The van der Waals surface area contributed by atoms with E-state index in [0.717, 1.165) is 11.4 Å². The van der Waals surface area contributed by atoms with Gasteiger partial charge in [0, 0.05) is 45.3 Å². The second-order valence-electron chi connectivity index (χ2n) is 10.5. The number of nitrogens with zero attached hydrogens (tertiary/aromatic N) is 4. The van der Waals surface area contributed by atoms with E-state index < -0.39 is 0 Å². The molecule has 8 rings (SSSR count). The minimum atomic E-state index is 0. The SMILES string of the molecule is CN1[CH-]N(c2ccc3ccccc3c2-c2c(N3[CH-]N(C)c4ccccc43)ccc3ccccc23)c2ccccc21.O.O.[Pd+2]. The van der Waals surface area contributed by atoms with Gasteiger partial charge in [-0.3, -0.25) is 0 Å². The maximum atomic E-state index is 2.34. The molecule has 0 atom stereocenters. The molecule has 2 heterocycles. The van der Waals surface area contributed by atoms with Crippen LogP contribution in [-0.4, -0.2) is 25.0 Å². The van der Waals surface area contributed by atoms with Crippen LogP contribution in [0.5, 0.6) is 0 Å².